The molecule has 2 aliphatic heterocycles. The van der Waals surface area contributed by atoms with Crippen LogP contribution in [0.5, 0.6) is 11.5 Å². The number of halogens is 1. The normalized spacial score (nSPS) is 24.7. The number of carbonyl (C=O) groups excluding carboxylic acids is 2. The molecule has 5 nitrogen and oxygen atoms in total. The molecular formula is C15H16ClNO4. The van der Waals surface area contributed by atoms with E-state index < -0.39 is 0 Å². The molecular weight excluding hydrogens is 294 g/mol. The Kier molecular flexibility index (Phi) is 3.76. The first kappa shape index (κ1) is 14.2. The molecule has 0 bridgehead atoms. The average Bonchev–Trinajstić information content (AvgIpc) is 2.46. The zero-order chi connectivity index (χ0) is 15.0. The van der Waals surface area contributed by atoms with Crippen molar-refractivity contribution < 1.29 is 19.1 Å². The third-order valence-electron chi connectivity index (χ3n) is 3.98. The Labute approximate surface area is 127 Å². The van der Waals surface area contributed by atoms with E-state index in [0.717, 1.165) is 5.56 Å². The van der Waals surface area contributed by atoms with Crippen LogP contribution in [0.2, 0.25) is 5.02 Å². The maximum absolute atomic E-state index is 12.0. The van der Waals surface area contributed by atoms with Gasteiger partial charge in [-0.25, -0.2) is 0 Å². The van der Waals surface area contributed by atoms with Gasteiger partial charge in [-0.1, -0.05) is 18.5 Å². The van der Waals surface area contributed by atoms with Crippen molar-refractivity contribution in [2.24, 2.45) is 5.92 Å². The number of amides is 2. The number of fused-ring (bicyclic) bond motifs is 1. The third kappa shape index (κ3) is 2.58. The standard InChI is InChI=1S/C15H16ClNO4/c1-2-9-10(7-13(18)17-15(9)19)8-5-11(16)14-12(6-8)20-3-4-21-14/h5-6,9-10H,2-4,7H2,1H3,(H,17,18,19). The van der Waals surface area contributed by atoms with Crippen molar-refractivity contribution in [3.8, 4) is 11.5 Å². The fourth-order valence-corrected chi connectivity index (χ4v) is 3.24. The molecule has 1 saturated heterocycles. The average molecular weight is 310 g/mol. The van der Waals surface area contributed by atoms with E-state index in [1.807, 2.05) is 13.0 Å². The quantitative estimate of drug-likeness (QED) is 0.851. The summed E-state index contributed by atoms with van der Waals surface area (Å²) < 4.78 is 11.1. The maximum atomic E-state index is 12.0. The first-order valence-corrected chi connectivity index (χ1v) is 7.40. The maximum Gasteiger partial charge on any atom is 0.230 e. The number of nitrogens with one attached hydrogen (secondary N) is 1. The fraction of sp³-hybridized carbons (Fsp3) is 0.467. The van der Waals surface area contributed by atoms with Crippen LogP contribution in [0.1, 0.15) is 31.2 Å². The van der Waals surface area contributed by atoms with E-state index >= 15 is 0 Å². The minimum absolute atomic E-state index is 0.176. The van der Waals surface area contributed by atoms with E-state index in [1.165, 1.54) is 0 Å². The summed E-state index contributed by atoms with van der Waals surface area (Å²) in [6.45, 7) is 2.87. The molecule has 1 aromatic rings. The van der Waals surface area contributed by atoms with E-state index in [0.29, 0.717) is 36.2 Å². The van der Waals surface area contributed by atoms with Gasteiger partial charge in [-0.3, -0.25) is 14.9 Å². The zero-order valence-electron chi connectivity index (χ0n) is 11.6. The number of benzene rings is 1. The number of ether oxygens (including phenoxy) is 2. The summed E-state index contributed by atoms with van der Waals surface area (Å²) in [4.78, 5) is 23.6. The Balaban J connectivity index is 2.00. The SMILES string of the molecule is CCC1C(=O)NC(=O)CC1c1cc(Cl)c2c(c1)OCCO2. The lowest BCUT2D eigenvalue weighted by molar-refractivity contribution is -0.137. The fourth-order valence-electron chi connectivity index (χ4n) is 2.97. The van der Waals surface area contributed by atoms with Crippen LogP contribution in [-0.2, 0) is 9.59 Å². The van der Waals surface area contributed by atoms with Gasteiger partial charge >= 0.3 is 0 Å². The molecule has 2 amide bonds. The molecule has 1 N–H and O–H groups in total. The predicted octanol–water partition coefficient (Wildman–Crippen LogP) is 2.27. The summed E-state index contributed by atoms with van der Waals surface area (Å²) in [5, 5.41) is 2.84. The topological polar surface area (TPSA) is 64.6 Å². The number of hydrogen-bond acceptors (Lipinski definition) is 4. The van der Waals surface area contributed by atoms with Crippen LogP contribution < -0.4 is 14.8 Å². The van der Waals surface area contributed by atoms with E-state index in [1.54, 1.807) is 6.07 Å². The largest absolute Gasteiger partial charge is 0.486 e. The zero-order valence-corrected chi connectivity index (χ0v) is 12.4. The molecule has 0 saturated carbocycles. The van der Waals surface area contributed by atoms with Gasteiger partial charge in [0, 0.05) is 18.3 Å². The number of carbonyl (C=O) groups is 2. The van der Waals surface area contributed by atoms with Crippen molar-refractivity contribution in [3.63, 3.8) is 0 Å². The van der Waals surface area contributed by atoms with Crippen LogP contribution in [-0.4, -0.2) is 25.0 Å². The van der Waals surface area contributed by atoms with Gasteiger partial charge in [0.05, 0.1) is 5.02 Å². The van der Waals surface area contributed by atoms with Gasteiger partial charge in [0.1, 0.15) is 13.2 Å². The lowest BCUT2D eigenvalue weighted by Crippen LogP contribution is -2.44. The molecule has 2 atom stereocenters. The van der Waals surface area contributed by atoms with Gasteiger partial charge in [0.25, 0.3) is 0 Å². The monoisotopic (exact) mass is 309 g/mol. The van der Waals surface area contributed by atoms with Crippen molar-refractivity contribution >= 4 is 23.4 Å². The lowest BCUT2D eigenvalue weighted by Gasteiger charge is -2.30. The Morgan fingerprint density at radius 3 is 2.81 bits per heavy atom. The molecule has 1 fully saturated rings. The molecule has 0 radical (unpaired) electrons. The van der Waals surface area contributed by atoms with E-state index in [4.69, 9.17) is 21.1 Å². The summed E-state index contributed by atoms with van der Waals surface area (Å²) in [5.41, 5.74) is 0.847. The van der Waals surface area contributed by atoms with E-state index in [2.05, 4.69) is 5.32 Å². The third-order valence-corrected chi connectivity index (χ3v) is 4.26. The van der Waals surface area contributed by atoms with Crippen LogP contribution >= 0.6 is 11.6 Å². The molecule has 2 aliphatic rings. The second-order valence-electron chi connectivity index (χ2n) is 5.26. The van der Waals surface area contributed by atoms with Crippen LogP contribution in [0.4, 0.5) is 0 Å². The summed E-state index contributed by atoms with van der Waals surface area (Å²) in [6.07, 6.45) is 0.941. The second kappa shape index (κ2) is 5.56. The van der Waals surface area contributed by atoms with Gasteiger partial charge < -0.3 is 9.47 Å². The second-order valence-corrected chi connectivity index (χ2v) is 5.67. The number of piperidine rings is 1. The van der Waals surface area contributed by atoms with Crippen molar-refractivity contribution in [2.75, 3.05) is 13.2 Å². The summed E-state index contributed by atoms with van der Waals surface area (Å²) in [5.74, 6) is 0.236. The summed E-state index contributed by atoms with van der Waals surface area (Å²) in [7, 11) is 0. The molecule has 0 aliphatic carbocycles. The number of imide groups is 1. The smallest absolute Gasteiger partial charge is 0.230 e. The van der Waals surface area contributed by atoms with Crippen molar-refractivity contribution in [3.05, 3.63) is 22.7 Å². The van der Waals surface area contributed by atoms with Crippen molar-refractivity contribution in [2.45, 2.75) is 25.7 Å². The van der Waals surface area contributed by atoms with Crippen molar-refractivity contribution in [1.82, 2.24) is 5.32 Å². The molecule has 2 heterocycles. The molecule has 6 heteroatoms. The summed E-state index contributed by atoms with van der Waals surface area (Å²) in [6, 6.07) is 3.61. The Bertz CT molecular complexity index is 602. The number of hydrogen-bond donors (Lipinski definition) is 1. The van der Waals surface area contributed by atoms with Crippen LogP contribution in [0.15, 0.2) is 12.1 Å². The highest BCUT2D eigenvalue weighted by atomic mass is 35.5. The van der Waals surface area contributed by atoms with Crippen LogP contribution in [0.3, 0.4) is 0 Å². The molecule has 2 unspecified atom stereocenters. The molecule has 21 heavy (non-hydrogen) atoms. The van der Waals surface area contributed by atoms with Crippen molar-refractivity contribution in [1.29, 1.82) is 0 Å². The first-order valence-electron chi connectivity index (χ1n) is 7.03. The van der Waals surface area contributed by atoms with E-state index in [-0.39, 0.29) is 30.1 Å². The molecule has 3 rings (SSSR count). The molecule has 112 valence electrons. The van der Waals surface area contributed by atoms with Gasteiger partial charge in [0.15, 0.2) is 11.5 Å². The van der Waals surface area contributed by atoms with Gasteiger partial charge in [-0.05, 0) is 24.1 Å². The molecule has 1 aromatic carbocycles. The van der Waals surface area contributed by atoms with Gasteiger partial charge in [0.2, 0.25) is 11.8 Å². The highest BCUT2D eigenvalue weighted by Gasteiger charge is 2.36. The van der Waals surface area contributed by atoms with Gasteiger partial charge in [-0.2, -0.15) is 0 Å². The van der Waals surface area contributed by atoms with E-state index in [9.17, 15) is 9.59 Å². The Morgan fingerprint density at radius 1 is 1.29 bits per heavy atom. The lowest BCUT2D eigenvalue weighted by atomic mass is 9.79. The van der Waals surface area contributed by atoms with Gasteiger partial charge in [-0.15, -0.1) is 0 Å². The highest BCUT2D eigenvalue weighted by molar-refractivity contribution is 6.32. The van der Waals surface area contributed by atoms with Crippen LogP contribution in [0, 0.1) is 5.92 Å². The first-order chi connectivity index (χ1) is 10.1. The minimum Gasteiger partial charge on any atom is -0.486 e. The Morgan fingerprint density at radius 2 is 2.05 bits per heavy atom. The number of rotatable bonds is 2. The van der Waals surface area contributed by atoms with Crippen LogP contribution in [0.25, 0.3) is 0 Å². The molecule has 0 spiro atoms. The summed E-state index contributed by atoms with van der Waals surface area (Å²) >= 11 is 6.24. The highest BCUT2D eigenvalue weighted by Crippen LogP contribution is 2.43. The predicted molar refractivity (Wildman–Crippen MR) is 76.7 cm³/mol. The molecule has 0 aromatic heterocycles. The Hall–Kier alpha value is -1.75. The minimum atomic E-state index is -0.249.